The first-order chi connectivity index (χ1) is 13.5. The molecule has 140 valence electrons. The normalized spacial score (nSPS) is 15.5. The molecule has 0 fully saturated rings. The molecule has 2 heterocycles. The second-order valence-electron chi connectivity index (χ2n) is 6.41. The molecule has 0 spiro atoms. The van der Waals surface area contributed by atoms with Crippen LogP contribution in [0, 0.1) is 18.3 Å². The number of benzene rings is 2. The summed E-state index contributed by atoms with van der Waals surface area (Å²) in [5.41, 5.74) is 9.43. The zero-order valence-corrected chi connectivity index (χ0v) is 15.4. The fraction of sp³-hybridized carbons (Fsp3) is 0.143. The highest BCUT2D eigenvalue weighted by molar-refractivity contribution is 5.58. The summed E-state index contributed by atoms with van der Waals surface area (Å²) in [6, 6.07) is 16.7. The van der Waals surface area contributed by atoms with E-state index in [1.54, 1.807) is 16.8 Å². The van der Waals surface area contributed by atoms with Crippen molar-refractivity contribution in [3.63, 3.8) is 0 Å². The maximum absolute atomic E-state index is 9.94. The molecule has 0 aliphatic carbocycles. The SMILES string of the molecule is COc1cc(C2C(C#N)=C(N)Oc3c2c(C)nn3-c2ccccc2)ccc1O. The van der Waals surface area contributed by atoms with Crippen molar-refractivity contribution in [3.05, 3.63) is 76.8 Å². The third kappa shape index (κ3) is 2.63. The molecule has 1 unspecified atom stereocenters. The van der Waals surface area contributed by atoms with Crippen LogP contribution in [-0.4, -0.2) is 22.0 Å². The quantitative estimate of drug-likeness (QED) is 0.730. The number of aromatic nitrogens is 2. The van der Waals surface area contributed by atoms with Gasteiger partial charge >= 0.3 is 0 Å². The molecule has 4 rings (SSSR count). The van der Waals surface area contributed by atoms with Crippen LogP contribution in [0.25, 0.3) is 5.69 Å². The number of nitriles is 1. The van der Waals surface area contributed by atoms with Crippen molar-refractivity contribution in [3.8, 4) is 29.1 Å². The second-order valence-corrected chi connectivity index (χ2v) is 6.41. The van der Waals surface area contributed by atoms with Crippen molar-refractivity contribution < 1.29 is 14.6 Å². The van der Waals surface area contributed by atoms with E-state index in [0.717, 1.165) is 22.5 Å². The molecule has 7 nitrogen and oxygen atoms in total. The lowest BCUT2D eigenvalue weighted by Crippen LogP contribution is -2.22. The molecule has 0 saturated heterocycles. The lowest BCUT2D eigenvalue weighted by molar-refractivity contribution is 0.365. The molecule has 0 amide bonds. The van der Waals surface area contributed by atoms with Crippen LogP contribution in [0.5, 0.6) is 17.4 Å². The number of hydrogen-bond donors (Lipinski definition) is 2. The molecule has 0 bridgehead atoms. The Balaban J connectivity index is 1.96. The van der Waals surface area contributed by atoms with Crippen molar-refractivity contribution in [2.45, 2.75) is 12.8 Å². The Morgan fingerprint density at radius 2 is 2.00 bits per heavy atom. The third-order valence-corrected chi connectivity index (χ3v) is 4.77. The lowest BCUT2D eigenvalue weighted by atomic mass is 9.84. The predicted octanol–water partition coefficient (Wildman–Crippen LogP) is 3.11. The van der Waals surface area contributed by atoms with E-state index in [2.05, 4.69) is 11.2 Å². The molecule has 3 N–H and O–H groups in total. The largest absolute Gasteiger partial charge is 0.504 e. The maximum atomic E-state index is 9.94. The standard InChI is InChI=1S/C21H18N4O3/c1-12-18-19(13-8-9-16(26)17(10-13)27-2)15(11-22)20(23)28-21(18)25(24-12)14-6-4-3-5-7-14/h3-10,19,26H,23H2,1-2H3. The van der Waals surface area contributed by atoms with Crippen molar-refractivity contribution in [1.29, 1.82) is 5.26 Å². The lowest BCUT2D eigenvalue weighted by Gasteiger charge is -2.25. The van der Waals surface area contributed by atoms with Crippen LogP contribution in [0.3, 0.4) is 0 Å². The summed E-state index contributed by atoms with van der Waals surface area (Å²) in [5.74, 6) is 0.349. The van der Waals surface area contributed by atoms with Crippen molar-refractivity contribution in [2.75, 3.05) is 7.11 Å². The first-order valence-electron chi connectivity index (χ1n) is 8.64. The van der Waals surface area contributed by atoms with Crippen LogP contribution in [0.1, 0.15) is 22.7 Å². The van der Waals surface area contributed by atoms with Crippen LogP contribution in [0.4, 0.5) is 0 Å². The number of aryl methyl sites for hydroxylation is 1. The zero-order chi connectivity index (χ0) is 19.8. The summed E-state index contributed by atoms with van der Waals surface area (Å²) >= 11 is 0. The smallest absolute Gasteiger partial charge is 0.229 e. The summed E-state index contributed by atoms with van der Waals surface area (Å²) in [6.45, 7) is 1.86. The van der Waals surface area contributed by atoms with Gasteiger partial charge in [-0.05, 0) is 36.8 Å². The van der Waals surface area contributed by atoms with Crippen LogP contribution in [0.15, 0.2) is 60.0 Å². The molecule has 28 heavy (non-hydrogen) atoms. The van der Waals surface area contributed by atoms with Crippen LogP contribution < -0.4 is 15.2 Å². The van der Waals surface area contributed by atoms with Crippen LogP contribution in [-0.2, 0) is 0 Å². The Bertz CT molecular complexity index is 1130. The number of phenolic OH excluding ortho intramolecular Hbond substituents is 1. The van der Waals surface area contributed by atoms with Crippen molar-refractivity contribution in [1.82, 2.24) is 9.78 Å². The minimum Gasteiger partial charge on any atom is -0.504 e. The monoisotopic (exact) mass is 374 g/mol. The molecular formula is C21H18N4O3. The van der Waals surface area contributed by atoms with Gasteiger partial charge in [0.2, 0.25) is 11.8 Å². The van der Waals surface area contributed by atoms with Gasteiger partial charge in [0.1, 0.15) is 11.6 Å². The first-order valence-corrected chi connectivity index (χ1v) is 8.64. The van der Waals surface area contributed by atoms with Gasteiger partial charge < -0.3 is 20.3 Å². The molecule has 2 aromatic carbocycles. The fourth-order valence-corrected chi connectivity index (χ4v) is 3.47. The van der Waals surface area contributed by atoms with Crippen LogP contribution >= 0.6 is 0 Å². The van der Waals surface area contributed by atoms with Gasteiger partial charge in [0.15, 0.2) is 11.5 Å². The predicted molar refractivity (Wildman–Crippen MR) is 102 cm³/mol. The molecule has 1 aromatic heterocycles. The van der Waals surface area contributed by atoms with E-state index < -0.39 is 5.92 Å². The molecule has 0 saturated carbocycles. The highest BCUT2D eigenvalue weighted by Gasteiger charge is 2.36. The average Bonchev–Trinajstić information content (AvgIpc) is 3.04. The summed E-state index contributed by atoms with van der Waals surface area (Å²) < 4.78 is 12.7. The Morgan fingerprint density at radius 1 is 1.25 bits per heavy atom. The van der Waals surface area contributed by atoms with Gasteiger partial charge in [-0.1, -0.05) is 24.3 Å². The Hall–Kier alpha value is -3.92. The number of allylic oxidation sites excluding steroid dienone is 1. The Labute approximate surface area is 161 Å². The molecule has 1 aliphatic heterocycles. The fourth-order valence-electron chi connectivity index (χ4n) is 3.47. The van der Waals surface area contributed by atoms with Gasteiger partial charge in [0, 0.05) is 0 Å². The number of para-hydroxylation sites is 1. The number of ether oxygens (including phenoxy) is 2. The number of rotatable bonds is 3. The van der Waals surface area contributed by atoms with Gasteiger partial charge in [-0.15, -0.1) is 0 Å². The number of aromatic hydroxyl groups is 1. The first kappa shape index (κ1) is 17.5. The van der Waals surface area contributed by atoms with Crippen molar-refractivity contribution in [2.24, 2.45) is 5.73 Å². The van der Waals surface area contributed by atoms with Gasteiger partial charge in [0.25, 0.3) is 0 Å². The van der Waals surface area contributed by atoms with Gasteiger partial charge in [-0.2, -0.15) is 10.4 Å². The second kappa shape index (κ2) is 6.67. The van der Waals surface area contributed by atoms with E-state index in [9.17, 15) is 10.4 Å². The number of nitrogens with two attached hydrogens (primary N) is 1. The van der Waals surface area contributed by atoms with E-state index >= 15 is 0 Å². The highest BCUT2D eigenvalue weighted by Crippen LogP contribution is 2.45. The molecule has 1 aliphatic rings. The maximum Gasteiger partial charge on any atom is 0.229 e. The number of nitrogens with zero attached hydrogens (tertiary/aromatic N) is 3. The summed E-state index contributed by atoms with van der Waals surface area (Å²) in [5, 5.41) is 24.3. The molecule has 7 heteroatoms. The molecule has 1 atom stereocenters. The average molecular weight is 374 g/mol. The van der Waals surface area contributed by atoms with E-state index in [1.807, 2.05) is 37.3 Å². The number of methoxy groups -OCH3 is 1. The van der Waals surface area contributed by atoms with Gasteiger partial charge in [-0.3, -0.25) is 0 Å². The third-order valence-electron chi connectivity index (χ3n) is 4.77. The topological polar surface area (TPSA) is 106 Å². The van der Waals surface area contributed by atoms with Gasteiger partial charge in [0.05, 0.1) is 30.0 Å². The minimum atomic E-state index is -0.485. The summed E-state index contributed by atoms with van der Waals surface area (Å²) in [4.78, 5) is 0. The zero-order valence-electron chi connectivity index (χ0n) is 15.4. The van der Waals surface area contributed by atoms with E-state index in [0.29, 0.717) is 11.6 Å². The van der Waals surface area contributed by atoms with E-state index in [1.165, 1.54) is 13.2 Å². The van der Waals surface area contributed by atoms with Crippen molar-refractivity contribution >= 4 is 0 Å². The number of fused-ring (bicyclic) bond motifs is 1. The molecular weight excluding hydrogens is 356 g/mol. The minimum absolute atomic E-state index is 0.0192. The van der Waals surface area contributed by atoms with Crippen LogP contribution in [0.2, 0.25) is 0 Å². The van der Waals surface area contributed by atoms with E-state index in [-0.39, 0.29) is 17.2 Å². The number of hydrogen-bond acceptors (Lipinski definition) is 6. The Morgan fingerprint density at radius 3 is 2.68 bits per heavy atom. The van der Waals surface area contributed by atoms with E-state index in [4.69, 9.17) is 15.2 Å². The summed E-state index contributed by atoms with van der Waals surface area (Å²) in [6.07, 6.45) is 0. The molecule has 3 aromatic rings. The highest BCUT2D eigenvalue weighted by atomic mass is 16.5. The Kier molecular flexibility index (Phi) is 4.17. The summed E-state index contributed by atoms with van der Waals surface area (Å²) in [7, 11) is 1.47. The number of phenols is 1. The molecule has 0 radical (unpaired) electrons. The van der Waals surface area contributed by atoms with Gasteiger partial charge in [-0.25, -0.2) is 4.68 Å².